The van der Waals surface area contributed by atoms with E-state index in [4.69, 9.17) is 9.40 Å². The minimum absolute atomic E-state index is 0.795. The van der Waals surface area contributed by atoms with Gasteiger partial charge in [-0.15, -0.1) is 0 Å². The molecule has 9 rings (SSSR count). The zero-order valence-corrected chi connectivity index (χ0v) is 26.3. The van der Waals surface area contributed by atoms with Gasteiger partial charge in [0.15, 0.2) is 12.7 Å². The molecule has 0 saturated heterocycles. The number of furan rings is 1. The molecule has 0 radical (unpaired) electrons. The second-order valence-corrected chi connectivity index (χ2v) is 14.7. The Labute approximate surface area is 272 Å². The first-order valence-electron chi connectivity index (χ1n) is 15.7. The Balaban J connectivity index is 1.13. The topological polar surface area (TPSA) is 43.1 Å². The van der Waals surface area contributed by atoms with E-state index in [1.807, 2.05) is 84.9 Å². The maximum Gasteiger partial charge on any atom is 0.171 e. The van der Waals surface area contributed by atoms with Crippen molar-refractivity contribution in [2.75, 3.05) is 0 Å². The minimum atomic E-state index is -3.03. The molecule has 0 aliphatic carbocycles. The Kier molecular flexibility index (Phi) is 6.41. The second-order valence-electron chi connectivity index (χ2n) is 11.9. The zero-order chi connectivity index (χ0) is 31.4. The van der Waals surface area contributed by atoms with Crippen LogP contribution < -0.4 is 15.9 Å². The van der Waals surface area contributed by atoms with E-state index in [2.05, 4.69) is 84.9 Å². The van der Waals surface area contributed by atoms with E-state index in [1.165, 1.54) is 5.39 Å². The quantitative estimate of drug-likeness (QED) is 0.142. The summed E-state index contributed by atoms with van der Waals surface area (Å²) < 4.78 is 21.3. The van der Waals surface area contributed by atoms with Crippen LogP contribution in [0.15, 0.2) is 174 Å². The first-order valence-corrected chi connectivity index (χ1v) is 17.4. The summed E-state index contributed by atoms with van der Waals surface area (Å²) in [5, 5.41) is 8.09. The SMILES string of the molecule is O=P(c1ccccc1)(c1ccccc1)c1ccc(-c2ccc(-c3nc4cc5ccccc5cc4c4c3oc3ccccc34)cc2)cc1. The third-order valence-electron chi connectivity index (χ3n) is 9.14. The van der Waals surface area contributed by atoms with Gasteiger partial charge in [0.05, 0.1) is 5.52 Å². The summed E-state index contributed by atoms with van der Waals surface area (Å²) in [7, 11) is -3.03. The van der Waals surface area contributed by atoms with Crippen LogP contribution in [0.5, 0.6) is 0 Å². The van der Waals surface area contributed by atoms with Gasteiger partial charge >= 0.3 is 0 Å². The Morgan fingerprint density at radius 3 is 1.64 bits per heavy atom. The lowest BCUT2D eigenvalue weighted by molar-refractivity contribution is 0.592. The molecule has 0 fully saturated rings. The normalized spacial score (nSPS) is 11.9. The van der Waals surface area contributed by atoms with E-state index in [0.29, 0.717) is 0 Å². The summed E-state index contributed by atoms with van der Waals surface area (Å²) in [6.07, 6.45) is 0. The number of para-hydroxylation sites is 1. The van der Waals surface area contributed by atoms with Crippen molar-refractivity contribution in [2.24, 2.45) is 0 Å². The van der Waals surface area contributed by atoms with Gasteiger partial charge in [0, 0.05) is 37.6 Å². The average Bonchev–Trinajstić information content (AvgIpc) is 3.54. The Bertz CT molecular complexity index is 2580. The first kappa shape index (κ1) is 27.5. The number of hydrogen-bond donors (Lipinski definition) is 0. The highest BCUT2D eigenvalue weighted by atomic mass is 31.2. The maximum atomic E-state index is 14.8. The lowest BCUT2D eigenvalue weighted by Crippen LogP contribution is -2.24. The Morgan fingerprint density at radius 2 is 0.979 bits per heavy atom. The highest BCUT2D eigenvalue weighted by Crippen LogP contribution is 2.43. The highest BCUT2D eigenvalue weighted by Gasteiger charge is 2.29. The van der Waals surface area contributed by atoms with Gasteiger partial charge in [0.2, 0.25) is 0 Å². The lowest BCUT2D eigenvalue weighted by atomic mass is 9.99. The molecule has 0 bridgehead atoms. The van der Waals surface area contributed by atoms with E-state index < -0.39 is 7.14 Å². The third kappa shape index (κ3) is 4.51. The summed E-state index contributed by atoms with van der Waals surface area (Å²) >= 11 is 0. The fourth-order valence-electron chi connectivity index (χ4n) is 6.77. The summed E-state index contributed by atoms with van der Waals surface area (Å²) in [5.74, 6) is 0. The second kappa shape index (κ2) is 10.9. The molecule has 0 aliphatic heterocycles. The number of aromatic nitrogens is 1. The van der Waals surface area contributed by atoms with Crippen molar-refractivity contribution in [3.8, 4) is 22.4 Å². The third-order valence-corrected chi connectivity index (χ3v) is 12.2. The lowest BCUT2D eigenvalue weighted by Gasteiger charge is -2.20. The molecule has 0 N–H and O–H groups in total. The van der Waals surface area contributed by atoms with Crippen LogP contribution in [0.2, 0.25) is 0 Å². The van der Waals surface area contributed by atoms with Gasteiger partial charge in [-0.3, -0.25) is 0 Å². The van der Waals surface area contributed by atoms with Crippen LogP contribution in [0.1, 0.15) is 0 Å². The smallest absolute Gasteiger partial charge is 0.171 e. The monoisotopic (exact) mass is 621 g/mol. The van der Waals surface area contributed by atoms with E-state index in [9.17, 15) is 4.57 Å². The molecular formula is C43H28NO2P. The summed E-state index contributed by atoms with van der Waals surface area (Å²) in [6, 6.07) is 57.2. The van der Waals surface area contributed by atoms with Crippen molar-refractivity contribution < 1.29 is 8.98 Å². The highest BCUT2D eigenvalue weighted by molar-refractivity contribution is 7.85. The molecule has 4 heteroatoms. The predicted octanol–water partition coefficient (Wildman–Crippen LogP) is 10.3. The molecule has 7 aromatic carbocycles. The van der Waals surface area contributed by atoms with Gasteiger partial charge < -0.3 is 8.98 Å². The van der Waals surface area contributed by atoms with Crippen molar-refractivity contribution in [2.45, 2.75) is 0 Å². The molecule has 0 spiro atoms. The number of nitrogens with zero attached hydrogens (tertiary/aromatic N) is 1. The molecule has 47 heavy (non-hydrogen) atoms. The number of hydrogen-bond acceptors (Lipinski definition) is 3. The molecule has 222 valence electrons. The van der Waals surface area contributed by atoms with Gasteiger partial charge in [-0.05, 0) is 40.1 Å². The molecule has 0 aliphatic rings. The minimum Gasteiger partial charge on any atom is -0.454 e. The summed E-state index contributed by atoms with van der Waals surface area (Å²) in [5.41, 5.74) is 6.53. The molecule has 0 saturated carbocycles. The van der Waals surface area contributed by atoms with E-state index >= 15 is 0 Å². The molecule has 0 unspecified atom stereocenters. The molecule has 0 amide bonds. The first-order chi connectivity index (χ1) is 23.2. The van der Waals surface area contributed by atoms with Crippen LogP contribution >= 0.6 is 7.14 Å². The van der Waals surface area contributed by atoms with Crippen molar-refractivity contribution >= 4 is 66.7 Å². The van der Waals surface area contributed by atoms with Crippen LogP contribution in [0.4, 0.5) is 0 Å². The van der Waals surface area contributed by atoms with Crippen molar-refractivity contribution in [1.82, 2.24) is 4.98 Å². The number of rotatable bonds is 5. The number of pyridine rings is 1. The van der Waals surface area contributed by atoms with Crippen LogP contribution in [0.25, 0.3) is 66.0 Å². The fraction of sp³-hybridized carbons (Fsp3) is 0. The summed E-state index contributed by atoms with van der Waals surface area (Å²) in [4.78, 5) is 5.19. The fourth-order valence-corrected chi connectivity index (χ4v) is 9.42. The van der Waals surface area contributed by atoms with Gasteiger partial charge in [-0.25, -0.2) is 4.98 Å². The molecular weight excluding hydrogens is 593 g/mol. The van der Waals surface area contributed by atoms with Gasteiger partial charge in [-0.1, -0.05) is 152 Å². The van der Waals surface area contributed by atoms with Crippen LogP contribution in [0, 0.1) is 0 Å². The summed E-state index contributed by atoms with van der Waals surface area (Å²) in [6.45, 7) is 0. The number of benzene rings is 7. The van der Waals surface area contributed by atoms with Gasteiger partial charge in [0.1, 0.15) is 11.3 Å². The molecule has 9 aromatic rings. The van der Waals surface area contributed by atoms with Crippen LogP contribution in [-0.4, -0.2) is 4.98 Å². The Hall–Kier alpha value is -5.76. The largest absolute Gasteiger partial charge is 0.454 e. The van der Waals surface area contributed by atoms with Crippen molar-refractivity contribution in [3.05, 3.63) is 170 Å². The van der Waals surface area contributed by atoms with Crippen LogP contribution in [-0.2, 0) is 4.57 Å². The molecule has 3 nitrogen and oxygen atoms in total. The van der Waals surface area contributed by atoms with E-state index in [1.54, 1.807) is 0 Å². The Morgan fingerprint density at radius 1 is 0.468 bits per heavy atom. The van der Waals surface area contributed by atoms with E-state index in [0.717, 1.165) is 76.5 Å². The molecule has 2 heterocycles. The van der Waals surface area contributed by atoms with E-state index in [-0.39, 0.29) is 0 Å². The van der Waals surface area contributed by atoms with Gasteiger partial charge in [0.25, 0.3) is 0 Å². The average molecular weight is 622 g/mol. The predicted molar refractivity (Wildman–Crippen MR) is 197 cm³/mol. The van der Waals surface area contributed by atoms with Crippen LogP contribution in [0.3, 0.4) is 0 Å². The van der Waals surface area contributed by atoms with Gasteiger partial charge in [-0.2, -0.15) is 0 Å². The van der Waals surface area contributed by atoms with Crippen molar-refractivity contribution in [3.63, 3.8) is 0 Å². The molecule has 2 aromatic heterocycles. The molecule has 0 atom stereocenters. The van der Waals surface area contributed by atoms with Crippen molar-refractivity contribution in [1.29, 1.82) is 0 Å². The zero-order valence-electron chi connectivity index (χ0n) is 25.4. The maximum absolute atomic E-state index is 14.8. The standard InChI is InChI=1S/C43H28NO2P/c45-47(34-13-3-1-4-14-34,35-15-5-2-6-16-35)36-25-23-30(24-26-36)29-19-21-31(22-20-29)42-43-41(37-17-9-10-18-40(37)46-43)38-27-32-11-7-8-12-33(32)28-39(38)44-42/h1-28H. The number of fused-ring (bicyclic) bond motifs is 6.